The number of nitrogens with zero attached hydrogens (tertiary/aromatic N) is 3. The molecule has 0 amide bonds. The zero-order chi connectivity index (χ0) is 64.0. The number of sulfone groups is 4. The molecule has 0 saturated carbocycles. The lowest BCUT2D eigenvalue weighted by Crippen LogP contribution is -2.18. The molecule has 4 aliphatic rings. The normalized spacial score (nSPS) is 15.8. The maximum atomic E-state index is 12.6. The minimum atomic E-state index is -3.50. The molecular weight excluding hydrogens is 1210 g/mol. The third-order valence-corrected chi connectivity index (χ3v) is 23.4. The van der Waals surface area contributed by atoms with Gasteiger partial charge in [-0.25, -0.2) is 38.9 Å². The van der Waals surface area contributed by atoms with Crippen LogP contribution in [0.1, 0.15) is 106 Å². The fourth-order valence-electron chi connectivity index (χ4n) is 10.9. The molecule has 8 aromatic rings. The lowest BCUT2D eigenvalue weighted by atomic mass is 9.83. The van der Waals surface area contributed by atoms with Crippen LogP contribution in [0.4, 0.5) is 0 Å². The van der Waals surface area contributed by atoms with Gasteiger partial charge in [0, 0.05) is 17.7 Å². The quantitative estimate of drug-likeness (QED) is 0.132. The molecule has 2 unspecified atom stereocenters. The second-order valence-corrected chi connectivity index (χ2v) is 35.5. The molecule has 0 spiro atoms. The number of fused-ring (bicyclic) bond motifs is 4. The largest absolute Gasteiger partial charge is 0.330 e. The maximum absolute atomic E-state index is 12.6. The van der Waals surface area contributed by atoms with E-state index in [0.29, 0.717) is 49.6 Å². The van der Waals surface area contributed by atoms with Gasteiger partial charge in [0.05, 0.1) is 62.8 Å². The molecule has 2 atom stereocenters. The van der Waals surface area contributed by atoms with Crippen molar-refractivity contribution < 1.29 is 38.5 Å². The van der Waals surface area contributed by atoms with Crippen LogP contribution in [0.5, 0.6) is 0 Å². The molecule has 0 radical (unpaired) electrons. The number of hydrogen-bond donors (Lipinski definition) is 1. The first-order chi connectivity index (χ1) is 42.5. The second kappa shape index (κ2) is 29.3. The van der Waals surface area contributed by atoms with Gasteiger partial charge in [-0.1, -0.05) is 117 Å². The Labute approximate surface area is 525 Å². The van der Waals surface area contributed by atoms with Crippen LogP contribution in [0.25, 0.3) is 5.57 Å². The summed E-state index contributed by atoms with van der Waals surface area (Å²) in [6.45, 7) is 6.69. The van der Waals surface area contributed by atoms with Crippen LogP contribution in [0.2, 0.25) is 19.6 Å². The second-order valence-electron chi connectivity index (χ2n) is 22.9. The number of benzene rings is 8. The number of nitriles is 3. The van der Waals surface area contributed by atoms with Gasteiger partial charge in [-0.15, -0.1) is 0 Å². The van der Waals surface area contributed by atoms with E-state index in [1.807, 2.05) is 43.9 Å². The zero-order valence-corrected chi connectivity index (χ0v) is 54.2. The predicted molar refractivity (Wildman–Crippen MR) is 348 cm³/mol. The summed E-state index contributed by atoms with van der Waals surface area (Å²) < 4.78 is 101. The molecule has 8 aromatic carbocycles. The van der Waals surface area contributed by atoms with E-state index in [1.54, 1.807) is 170 Å². The Morgan fingerprint density at radius 2 is 0.809 bits per heavy atom. The van der Waals surface area contributed by atoms with Gasteiger partial charge in [0.25, 0.3) is 0 Å². The summed E-state index contributed by atoms with van der Waals surface area (Å²) in [4.78, 5) is 14.2. The molecule has 4 aliphatic carbocycles. The van der Waals surface area contributed by atoms with Crippen molar-refractivity contribution in [3.63, 3.8) is 0 Å². The molecule has 0 bridgehead atoms. The van der Waals surface area contributed by atoms with Crippen LogP contribution in [0, 0.1) is 33.6 Å². The molecule has 0 heterocycles. The van der Waals surface area contributed by atoms with Crippen LogP contribution in [-0.4, -0.2) is 54.1 Å². The zero-order valence-electron chi connectivity index (χ0n) is 49.9. The van der Waals surface area contributed by atoms with E-state index in [0.717, 1.165) is 97.6 Å². The Morgan fingerprint density at radius 3 is 1.22 bits per heavy atom. The van der Waals surface area contributed by atoms with Gasteiger partial charge in [-0.05, 0) is 219 Å². The maximum Gasteiger partial charge on any atom is 0.206 e. The average Bonchev–Trinajstić information content (AvgIpc) is 2.02. The van der Waals surface area contributed by atoms with Gasteiger partial charge in [-0.3, -0.25) is 4.79 Å². The number of ketones is 1. The number of nitrogens with two attached hydrogens (primary N) is 1. The van der Waals surface area contributed by atoms with Crippen molar-refractivity contribution in [2.24, 2.45) is 5.73 Å². The Morgan fingerprint density at radius 1 is 0.438 bits per heavy atom. The molecule has 89 heavy (non-hydrogen) atoms. The summed E-state index contributed by atoms with van der Waals surface area (Å²) in [5.41, 5.74) is 16.3. The summed E-state index contributed by atoms with van der Waals surface area (Å²) in [5, 5.41) is 26.5. The third kappa shape index (κ3) is 16.1. The van der Waals surface area contributed by atoms with Crippen LogP contribution >= 0.6 is 0 Å². The summed E-state index contributed by atoms with van der Waals surface area (Å²) >= 11 is 0. The van der Waals surface area contributed by atoms with Gasteiger partial charge < -0.3 is 5.73 Å². The molecule has 13 nitrogen and oxygen atoms in total. The highest BCUT2D eigenvalue weighted by molar-refractivity contribution is 7.92. The Hall–Kier alpha value is -8.38. The predicted octanol–water partition coefficient (Wildman–Crippen LogP) is 14.2. The van der Waals surface area contributed by atoms with Gasteiger partial charge in [0.1, 0.15) is 0 Å². The van der Waals surface area contributed by atoms with Crippen molar-refractivity contribution in [3.8, 4) is 17.8 Å². The van der Waals surface area contributed by atoms with Crippen LogP contribution < -0.4 is 5.73 Å². The summed E-state index contributed by atoms with van der Waals surface area (Å²) in [7, 11) is -15.2. The summed E-state index contributed by atoms with van der Waals surface area (Å²) in [6, 6.07) is 58.7. The van der Waals surface area contributed by atoms with Crippen LogP contribution in [0.3, 0.4) is 0 Å². The molecule has 0 fully saturated rings. The van der Waals surface area contributed by atoms with Gasteiger partial charge >= 0.3 is 0 Å². The highest BCUT2D eigenvalue weighted by Crippen LogP contribution is 2.36. The number of hydrogen-bond acceptors (Lipinski definition) is 13. The first-order valence-corrected chi connectivity index (χ1v) is 38.8. The molecule has 18 heteroatoms. The van der Waals surface area contributed by atoms with Crippen molar-refractivity contribution in [1.29, 1.82) is 15.8 Å². The number of aryl methyl sites for hydroxylation is 4. The number of allylic oxidation sites excluding steroid dienone is 2. The van der Waals surface area contributed by atoms with Crippen molar-refractivity contribution in [3.05, 3.63) is 245 Å². The van der Waals surface area contributed by atoms with E-state index in [9.17, 15) is 43.7 Å². The monoisotopic (exact) mass is 1280 g/mol. The van der Waals surface area contributed by atoms with Crippen molar-refractivity contribution in [1.82, 2.24) is 0 Å². The summed E-state index contributed by atoms with van der Waals surface area (Å²) in [6.07, 6.45) is 11.3. The highest BCUT2D eigenvalue weighted by Gasteiger charge is 2.27. The van der Waals surface area contributed by atoms with Crippen LogP contribution in [0.15, 0.2) is 239 Å². The van der Waals surface area contributed by atoms with E-state index < -0.39 is 47.4 Å². The van der Waals surface area contributed by atoms with Crippen molar-refractivity contribution in [2.45, 2.75) is 141 Å². The van der Waals surface area contributed by atoms with E-state index in [1.165, 1.54) is 11.6 Å². The Kier molecular flexibility index (Phi) is 21.9. The molecule has 2 N–H and O–H groups in total. The van der Waals surface area contributed by atoms with Crippen LogP contribution in [-0.2, 0) is 65.0 Å². The minimum Gasteiger partial charge on any atom is -0.330 e. The minimum absolute atomic E-state index is 0.106. The molecular formula is C71H70N4O9S4Si. The molecule has 12 rings (SSSR count). The molecule has 0 aromatic heterocycles. The van der Waals surface area contributed by atoms with E-state index in [-0.39, 0.29) is 31.3 Å². The van der Waals surface area contributed by atoms with E-state index >= 15 is 0 Å². The summed E-state index contributed by atoms with van der Waals surface area (Å²) in [5.74, 6) is 0.361. The first kappa shape index (κ1) is 66.6. The lowest BCUT2D eigenvalue weighted by molar-refractivity contribution is 0.0972. The first-order valence-electron chi connectivity index (χ1n) is 29.4. The fourth-order valence-corrected chi connectivity index (χ4v) is 16.3. The van der Waals surface area contributed by atoms with Crippen molar-refractivity contribution in [2.75, 3.05) is 6.54 Å². The molecule has 456 valence electrons. The lowest BCUT2D eigenvalue weighted by Gasteiger charge is -2.24. The van der Waals surface area contributed by atoms with Crippen molar-refractivity contribution >= 4 is 58.8 Å². The molecule has 0 aliphatic heterocycles. The highest BCUT2D eigenvalue weighted by atomic mass is 32.2. The van der Waals surface area contributed by atoms with E-state index in [4.69, 9.17) is 16.3 Å². The number of carbonyl (C=O) groups excluding carboxylic acids is 1. The third-order valence-electron chi connectivity index (χ3n) is 15.7. The van der Waals surface area contributed by atoms with Gasteiger partial charge in [0.2, 0.25) is 39.3 Å². The number of carbonyl (C=O) groups is 1. The molecule has 0 saturated heterocycles. The van der Waals surface area contributed by atoms with Gasteiger partial charge in [-0.2, -0.15) is 10.5 Å². The average molecular weight is 1280 g/mol. The Bertz CT molecular complexity index is 4500. The number of rotatable bonds is 9. The SMILES string of the molecule is C[Si](C)(C)C#N.N#CC1=CCCc2cc(S(=O)(=O)c3ccccc3)ccc21.N#CC1CCCc2cc(S(=O)(=O)c3ccccc3)ccc21.NCC1CCCc2cc(S(=O)(=O)c3ccccc3)ccc21.O=C1CCCc2cc(S(=O)(=O)c3ccccc3)ccc21. The smallest absolute Gasteiger partial charge is 0.206 e. The van der Waals surface area contributed by atoms with Gasteiger partial charge in [0.15, 0.2) is 13.9 Å². The fraction of sp³-hybridized carbons (Fsp3) is 0.239. The number of Topliss-reactive ketones (excluding diaryl/α,β-unsaturated/α-hetero) is 1. The topological polar surface area (TPSA) is 251 Å². The standard InChI is InChI=1S/C17H19NO2S.C17H15NO2S.C17H13NO2S.C16H14O3S.C4H9NSi/c3*18-12-14-6-4-5-13-11-16(9-10-17(13)14)21(19,20)15-7-2-1-3-8-15;17-16-8-4-5-12-11-14(9-10-15(12)16)20(18,19)13-6-2-1-3-7-13;1-6(2,3)4-5/h1-3,7-11,14H,4-6,12,18H2;1-3,7-11,14H,4-6H2;1-3,6-11H,4-5H2;1-3,6-7,9-11H,4-5,8H2;1-3H3. The van der Waals surface area contributed by atoms with E-state index in [2.05, 4.69) is 17.8 Å². The Balaban J connectivity index is 0.000000149.